The number of nitrogens with zero attached hydrogens (tertiary/aromatic N) is 2. The third-order valence-electron chi connectivity index (χ3n) is 2.69. The smallest absolute Gasteiger partial charge is 0.406 e. The average Bonchev–Trinajstić information content (AvgIpc) is 2.85. The lowest BCUT2D eigenvalue weighted by Gasteiger charge is -2.08. The highest BCUT2D eigenvalue weighted by atomic mass is 19.4. The predicted molar refractivity (Wildman–Crippen MR) is 66.5 cm³/mol. The summed E-state index contributed by atoms with van der Waals surface area (Å²) in [5, 5.41) is 13.1. The Morgan fingerprint density at radius 2 is 2.00 bits per heavy atom. The lowest BCUT2D eigenvalue weighted by atomic mass is 10.2. The van der Waals surface area contributed by atoms with Gasteiger partial charge in [-0.2, -0.15) is 13.2 Å². The van der Waals surface area contributed by atoms with Gasteiger partial charge in [0.25, 0.3) is 0 Å². The predicted octanol–water partition coefficient (Wildman–Crippen LogP) is 3.11. The second-order valence-electron chi connectivity index (χ2n) is 4.16. The standard InChI is InChI=1S/C12H13F3N4O/c1-7(16-2)10-18-19-11(20-10)17-9-5-3-4-8(6-9)12(13,14)15/h3-7,16H,1-2H3,(H,17,19). The highest BCUT2D eigenvalue weighted by molar-refractivity contribution is 5.53. The molecule has 0 fully saturated rings. The molecule has 0 bridgehead atoms. The first kappa shape index (κ1) is 14.3. The van der Waals surface area contributed by atoms with Crippen LogP contribution in [0.2, 0.25) is 0 Å². The van der Waals surface area contributed by atoms with Crippen molar-refractivity contribution in [1.29, 1.82) is 0 Å². The summed E-state index contributed by atoms with van der Waals surface area (Å²) in [6, 6.07) is 4.67. The van der Waals surface area contributed by atoms with Crippen molar-refractivity contribution < 1.29 is 17.6 Å². The van der Waals surface area contributed by atoms with Crippen LogP contribution in [0, 0.1) is 0 Å². The molecule has 0 radical (unpaired) electrons. The summed E-state index contributed by atoms with van der Waals surface area (Å²) in [7, 11) is 1.73. The number of alkyl halides is 3. The third kappa shape index (κ3) is 3.27. The van der Waals surface area contributed by atoms with Gasteiger partial charge >= 0.3 is 12.2 Å². The summed E-state index contributed by atoms with van der Waals surface area (Å²) >= 11 is 0. The molecule has 1 aromatic heterocycles. The van der Waals surface area contributed by atoms with Crippen molar-refractivity contribution in [1.82, 2.24) is 15.5 Å². The van der Waals surface area contributed by atoms with Crippen molar-refractivity contribution in [2.24, 2.45) is 0 Å². The summed E-state index contributed by atoms with van der Waals surface area (Å²) in [4.78, 5) is 0. The molecule has 0 saturated carbocycles. The second kappa shape index (κ2) is 5.49. The van der Waals surface area contributed by atoms with E-state index < -0.39 is 11.7 Å². The van der Waals surface area contributed by atoms with Gasteiger partial charge in [-0.3, -0.25) is 0 Å². The summed E-state index contributed by atoms with van der Waals surface area (Å²) in [6.07, 6.45) is -4.39. The van der Waals surface area contributed by atoms with Crippen molar-refractivity contribution in [2.45, 2.75) is 19.1 Å². The molecule has 1 heterocycles. The average molecular weight is 286 g/mol. The number of hydrogen-bond acceptors (Lipinski definition) is 5. The Morgan fingerprint density at radius 3 is 2.65 bits per heavy atom. The quantitative estimate of drug-likeness (QED) is 0.904. The van der Waals surface area contributed by atoms with E-state index in [0.29, 0.717) is 5.89 Å². The van der Waals surface area contributed by atoms with Crippen LogP contribution in [-0.4, -0.2) is 17.2 Å². The molecule has 1 unspecified atom stereocenters. The van der Waals surface area contributed by atoms with E-state index in [1.54, 1.807) is 7.05 Å². The normalized spacial score (nSPS) is 13.2. The van der Waals surface area contributed by atoms with Gasteiger partial charge < -0.3 is 15.1 Å². The minimum Gasteiger partial charge on any atom is -0.406 e. The van der Waals surface area contributed by atoms with E-state index in [0.717, 1.165) is 12.1 Å². The maximum atomic E-state index is 12.6. The van der Waals surface area contributed by atoms with Crippen molar-refractivity contribution in [3.63, 3.8) is 0 Å². The monoisotopic (exact) mass is 286 g/mol. The summed E-state index contributed by atoms with van der Waals surface area (Å²) in [6.45, 7) is 1.82. The molecule has 0 aliphatic rings. The Bertz CT molecular complexity index is 582. The number of nitrogens with one attached hydrogen (secondary N) is 2. The molecule has 8 heteroatoms. The van der Waals surface area contributed by atoms with Crippen LogP contribution in [0.4, 0.5) is 24.9 Å². The molecule has 0 saturated heterocycles. The molecule has 2 aromatic rings. The highest BCUT2D eigenvalue weighted by Crippen LogP contribution is 2.31. The molecule has 0 amide bonds. The number of halogens is 3. The van der Waals surface area contributed by atoms with Gasteiger partial charge in [-0.1, -0.05) is 11.2 Å². The van der Waals surface area contributed by atoms with E-state index in [1.165, 1.54) is 12.1 Å². The van der Waals surface area contributed by atoms with Crippen LogP contribution in [0.1, 0.15) is 24.4 Å². The zero-order valence-corrected chi connectivity index (χ0v) is 10.8. The molecule has 2 rings (SSSR count). The van der Waals surface area contributed by atoms with Gasteiger partial charge in [-0.15, -0.1) is 5.10 Å². The first-order chi connectivity index (χ1) is 9.40. The largest absolute Gasteiger partial charge is 0.416 e. The van der Waals surface area contributed by atoms with E-state index in [9.17, 15) is 13.2 Å². The number of benzene rings is 1. The van der Waals surface area contributed by atoms with Crippen molar-refractivity contribution in [3.8, 4) is 0 Å². The maximum Gasteiger partial charge on any atom is 0.416 e. The van der Waals surface area contributed by atoms with Crippen molar-refractivity contribution in [3.05, 3.63) is 35.7 Å². The van der Waals surface area contributed by atoms with Crippen LogP contribution in [-0.2, 0) is 6.18 Å². The molecule has 1 aromatic carbocycles. The van der Waals surface area contributed by atoms with Crippen molar-refractivity contribution >= 4 is 11.7 Å². The Morgan fingerprint density at radius 1 is 1.25 bits per heavy atom. The van der Waals surface area contributed by atoms with E-state index in [1.807, 2.05) is 6.92 Å². The fourth-order valence-electron chi connectivity index (χ4n) is 1.48. The fraction of sp³-hybridized carbons (Fsp3) is 0.333. The molecular weight excluding hydrogens is 273 g/mol. The summed E-state index contributed by atoms with van der Waals surface area (Å²) < 4.78 is 43.0. The van der Waals surface area contributed by atoms with Crippen LogP contribution in [0.5, 0.6) is 0 Å². The topological polar surface area (TPSA) is 63.0 Å². The lowest BCUT2D eigenvalue weighted by Crippen LogP contribution is -2.12. The van der Waals surface area contributed by atoms with Gasteiger partial charge in [0.15, 0.2) is 0 Å². The Hall–Kier alpha value is -2.09. The zero-order valence-electron chi connectivity index (χ0n) is 10.8. The molecule has 20 heavy (non-hydrogen) atoms. The van der Waals surface area contributed by atoms with Gasteiger partial charge in [0.05, 0.1) is 11.6 Å². The van der Waals surface area contributed by atoms with Gasteiger partial charge in [-0.25, -0.2) is 0 Å². The van der Waals surface area contributed by atoms with Crippen LogP contribution in [0.25, 0.3) is 0 Å². The number of aromatic nitrogens is 2. The van der Waals surface area contributed by atoms with Crippen LogP contribution in [0.15, 0.2) is 28.7 Å². The number of hydrogen-bond donors (Lipinski definition) is 2. The molecule has 0 aliphatic heterocycles. The molecule has 0 aliphatic carbocycles. The molecule has 1 atom stereocenters. The first-order valence-electron chi connectivity index (χ1n) is 5.85. The Kier molecular flexibility index (Phi) is 3.93. The van der Waals surface area contributed by atoms with E-state index in [2.05, 4.69) is 20.8 Å². The molecule has 5 nitrogen and oxygen atoms in total. The third-order valence-corrected chi connectivity index (χ3v) is 2.69. The van der Waals surface area contributed by atoms with Crippen LogP contribution < -0.4 is 10.6 Å². The highest BCUT2D eigenvalue weighted by Gasteiger charge is 2.30. The minimum absolute atomic E-state index is 0.0430. The molecule has 2 N–H and O–H groups in total. The van der Waals surface area contributed by atoms with Gasteiger partial charge in [0, 0.05) is 5.69 Å². The Balaban J connectivity index is 2.16. The zero-order chi connectivity index (χ0) is 14.8. The summed E-state index contributed by atoms with van der Waals surface area (Å²) in [5.74, 6) is 0.349. The summed E-state index contributed by atoms with van der Waals surface area (Å²) in [5.41, 5.74) is -0.516. The van der Waals surface area contributed by atoms with E-state index in [-0.39, 0.29) is 17.7 Å². The van der Waals surface area contributed by atoms with Gasteiger partial charge in [0.2, 0.25) is 5.89 Å². The number of rotatable bonds is 4. The van der Waals surface area contributed by atoms with E-state index in [4.69, 9.17) is 4.42 Å². The SMILES string of the molecule is CNC(C)c1nnc(Nc2cccc(C(F)(F)F)c2)o1. The fourth-order valence-corrected chi connectivity index (χ4v) is 1.48. The lowest BCUT2D eigenvalue weighted by molar-refractivity contribution is -0.137. The first-order valence-corrected chi connectivity index (χ1v) is 5.85. The second-order valence-corrected chi connectivity index (χ2v) is 4.16. The molecule has 0 spiro atoms. The van der Waals surface area contributed by atoms with Gasteiger partial charge in [-0.05, 0) is 32.2 Å². The minimum atomic E-state index is -4.39. The van der Waals surface area contributed by atoms with Crippen LogP contribution in [0.3, 0.4) is 0 Å². The van der Waals surface area contributed by atoms with Crippen molar-refractivity contribution in [2.75, 3.05) is 12.4 Å². The van der Waals surface area contributed by atoms with E-state index >= 15 is 0 Å². The molecular formula is C12H13F3N4O. The molecule has 108 valence electrons. The van der Waals surface area contributed by atoms with Gasteiger partial charge in [0.1, 0.15) is 0 Å². The number of anilines is 2. The maximum absolute atomic E-state index is 12.6. The van der Waals surface area contributed by atoms with Crippen LogP contribution >= 0.6 is 0 Å². The Labute approximate surface area is 113 Å².